The zero-order valence-electron chi connectivity index (χ0n) is 18.7. The number of hydrogen-bond donors (Lipinski definition) is 1. The number of alkyl halides is 3. The number of halogens is 3. The first-order chi connectivity index (χ1) is 15.1. The number of rotatable bonds is 4. The molecule has 2 saturated heterocycles. The summed E-state index contributed by atoms with van der Waals surface area (Å²) < 4.78 is 41.4. The predicted molar refractivity (Wildman–Crippen MR) is 117 cm³/mol. The largest absolute Gasteiger partial charge is 0.421 e. The van der Waals surface area contributed by atoms with Crippen LogP contribution >= 0.6 is 0 Å². The van der Waals surface area contributed by atoms with Crippen LogP contribution in [-0.2, 0) is 11.0 Å². The van der Waals surface area contributed by atoms with Gasteiger partial charge in [-0.2, -0.15) is 18.2 Å². The third kappa shape index (κ3) is 4.99. The fourth-order valence-electron chi connectivity index (χ4n) is 4.35. The van der Waals surface area contributed by atoms with Gasteiger partial charge in [-0.1, -0.05) is 30.3 Å². The molecule has 1 aromatic heterocycles. The van der Waals surface area contributed by atoms with Gasteiger partial charge in [0.25, 0.3) is 0 Å². The van der Waals surface area contributed by atoms with Crippen molar-refractivity contribution in [2.24, 2.45) is 0 Å². The number of anilines is 2. The summed E-state index contributed by atoms with van der Waals surface area (Å²) in [5, 5.41) is 4.57. The summed E-state index contributed by atoms with van der Waals surface area (Å²) in [6.07, 6.45) is -1.22. The number of benzene rings is 1. The molecule has 0 spiro atoms. The first-order valence-corrected chi connectivity index (χ1v) is 11.1. The summed E-state index contributed by atoms with van der Waals surface area (Å²) in [5.74, 6) is -0.0547. The smallest absolute Gasteiger partial charge is 0.350 e. The summed E-state index contributed by atoms with van der Waals surface area (Å²) in [6.45, 7) is 8.60. The Kier molecular flexibility index (Phi) is 6.31. The summed E-state index contributed by atoms with van der Waals surface area (Å²) in [7, 11) is 0. The highest BCUT2D eigenvalue weighted by Gasteiger charge is 2.41. The molecule has 0 unspecified atom stereocenters. The van der Waals surface area contributed by atoms with Gasteiger partial charge in [-0.05, 0) is 45.7 Å². The number of likely N-dealkylation sites (tertiary alicyclic amines) is 1. The van der Waals surface area contributed by atoms with Crippen LogP contribution in [0.5, 0.6) is 0 Å². The van der Waals surface area contributed by atoms with Gasteiger partial charge in [-0.15, -0.1) is 0 Å². The molecular weight excluding hydrogens is 419 g/mol. The lowest BCUT2D eigenvalue weighted by Crippen LogP contribution is -2.50. The van der Waals surface area contributed by atoms with Crippen molar-refractivity contribution < 1.29 is 18.0 Å². The first kappa shape index (κ1) is 22.8. The van der Waals surface area contributed by atoms with Crippen LogP contribution < -0.4 is 10.4 Å². The predicted octanol–water partition coefficient (Wildman–Crippen LogP) is 5.05. The molecule has 4 rings (SSSR count). The highest BCUT2D eigenvalue weighted by Crippen LogP contribution is 2.41. The van der Waals surface area contributed by atoms with Crippen LogP contribution in [0.1, 0.15) is 57.2 Å². The molecule has 1 aromatic carbocycles. The number of nitrogens with one attached hydrogen (secondary N) is 1. The van der Waals surface area contributed by atoms with Gasteiger partial charge in [-0.3, -0.25) is 9.74 Å². The van der Waals surface area contributed by atoms with Gasteiger partial charge < -0.3 is 5.32 Å². The maximum atomic E-state index is 13.8. The van der Waals surface area contributed by atoms with Crippen LogP contribution in [0.2, 0.25) is 0 Å². The third-order valence-electron chi connectivity index (χ3n) is 6.08. The summed E-state index contributed by atoms with van der Waals surface area (Å²) in [6, 6.07) is 9.12. The Labute approximate surface area is 186 Å². The van der Waals surface area contributed by atoms with Crippen molar-refractivity contribution >= 4 is 11.8 Å². The van der Waals surface area contributed by atoms with E-state index in [9.17, 15) is 13.2 Å². The van der Waals surface area contributed by atoms with E-state index in [1.807, 2.05) is 30.3 Å². The topological polar surface area (TPSA) is 53.5 Å². The van der Waals surface area contributed by atoms with E-state index in [2.05, 4.69) is 41.0 Å². The Bertz CT molecular complexity index is 916. The van der Waals surface area contributed by atoms with Gasteiger partial charge in [0.2, 0.25) is 5.95 Å². The second-order valence-corrected chi connectivity index (χ2v) is 9.40. The van der Waals surface area contributed by atoms with Crippen LogP contribution in [0.4, 0.5) is 24.9 Å². The maximum Gasteiger partial charge on any atom is 0.421 e. The van der Waals surface area contributed by atoms with Crippen molar-refractivity contribution in [1.82, 2.24) is 14.9 Å². The van der Waals surface area contributed by atoms with E-state index >= 15 is 0 Å². The number of aromatic nitrogens is 2. The Morgan fingerprint density at radius 2 is 1.84 bits per heavy atom. The van der Waals surface area contributed by atoms with Crippen molar-refractivity contribution in [3.63, 3.8) is 0 Å². The second-order valence-electron chi connectivity index (χ2n) is 9.40. The van der Waals surface area contributed by atoms with Crippen molar-refractivity contribution in [3.8, 4) is 0 Å². The van der Waals surface area contributed by atoms with Crippen molar-refractivity contribution in [2.75, 3.05) is 30.1 Å². The van der Waals surface area contributed by atoms with Gasteiger partial charge in [0.1, 0.15) is 5.56 Å². The van der Waals surface area contributed by atoms with E-state index in [-0.39, 0.29) is 29.4 Å². The lowest BCUT2D eigenvalue weighted by molar-refractivity contribution is -0.138. The molecule has 2 fully saturated rings. The number of nitrogens with zero attached hydrogens (tertiary/aromatic N) is 4. The average molecular weight is 450 g/mol. The Balaban J connectivity index is 1.62. The molecular formula is C23H30F3N5O. The summed E-state index contributed by atoms with van der Waals surface area (Å²) in [4.78, 5) is 16.4. The minimum Gasteiger partial charge on any atom is -0.350 e. The summed E-state index contributed by atoms with van der Waals surface area (Å²) in [5.41, 5.74) is 0.0175. The molecule has 9 heteroatoms. The number of hydroxylamine groups is 1. The molecule has 2 aliphatic heterocycles. The van der Waals surface area contributed by atoms with Gasteiger partial charge in [-0.25, -0.2) is 10.0 Å². The molecule has 174 valence electrons. The zero-order chi connectivity index (χ0) is 22.9. The van der Waals surface area contributed by atoms with Gasteiger partial charge >= 0.3 is 6.18 Å². The van der Waals surface area contributed by atoms with Crippen molar-refractivity contribution in [1.29, 1.82) is 0 Å². The monoisotopic (exact) mass is 449 g/mol. The molecule has 0 saturated carbocycles. The lowest BCUT2D eigenvalue weighted by atomic mass is 9.98. The molecule has 0 radical (unpaired) electrons. The first-order valence-electron chi connectivity index (χ1n) is 11.1. The van der Waals surface area contributed by atoms with Crippen LogP contribution in [0.15, 0.2) is 36.5 Å². The molecule has 0 amide bonds. The van der Waals surface area contributed by atoms with Gasteiger partial charge in [0, 0.05) is 30.7 Å². The second kappa shape index (κ2) is 8.86. The highest BCUT2D eigenvalue weighted by molar-refractivity contribution is 5.52. The Morgan fingerprint density at radius 3 is 2.53 bits per heavy atom. The minimum atomic E-state index is -4.59. The van der Waals surface area contributed by atoms with E-state index in [1.54, 1.807) is 0 Å². The molecule has 2 aliphatic rings. The number of piperidine rings is 1. The van der Waals surface area contributed by atoms with Gasteiger partial charge in [0.15, 0.2) is 5.82 Å². The molecule has 6 nitrogen and oxygen atoms in total. The van der Waals surface area contributed by atoms with Crippen LogP contribution in [0.3, 0.4) is 0 Å². The highest BCUT2D eigenvalue weighted by atomic mass is 19.4. The molecule has 0 aliphatic carbocycles. The van der Waals surface area contributed by atoms with E-state index < -0.39 is 11.7 Å². The van der Waals surface area contributed by atoms with Crippen LogP contribution in [-0.4, -0.2) is 46.1 Å². The average Bonchev–Trinajstić information content (AvgIpc) is 3.23. The fraction of sp³-hybridized carbons (Fsp3) is 0.565. The molecule has 2 atom stereocenters. The van der Waals surface area contributed by atoms with E-state index in [0.29, 0.717) is 13.0 Å². The van der Waals surface area contributed by atoms with E-state index in [0.717, 1.165) is 37.7 Å². The lowest BCUT2D eigenvalue weighted by Gasteiger charge is -2.41. The standard InChI is InChI=1S/C23H30F3N5O/c1-22(2,3)30-12-7-10-17(15-30)28-21-27-14-18(23(24,25)26)20(29-21)31-19(11-13-32-31)16-8-5-4-6-9-16/h4-6,8-9,14,17,19H,7,10-13,15H2,1-3H3,(H,27,28,29)/t17-,19-/m0/s1. The minimum absolute atomic E-state index is 0.0266. The van der Waals surface area contributed by atoms with Crippen molar-refractivity contribution in [3.05, 3.63) is 47.7 Å². The third-order valence-corrected chi connectivity index (χ3v) is 6.08. The Morgan fingerprint density at radius 1 is 1.09 bits per heavy atom. The fourth-order valence-corrected chi connectivity index (χ4v) is 4.35. The quantitative estimate of drug-likeness (QED) is 0.705. The van der Waals surface area contributed by atoms with E-state index in [1.165, 1.54) is 5.06 Å². The molecule has 32 heavy (non-hydrogen) atoms. The van der Waals surface area contributed by atoms with Crippen LogP contribution in [0, 0.1) is 0 Å². The number of hydrogen-bond acceptors (Lipinski definition) is 6. The van der Waals surface area contributed by atoms with Gasteiger partial charge in [0.05, 0.1) is 12.6 Å². The SMILES string of the molecule is CC(C)(C)N1CCC[C@H](Nc2ncc(C(F)(F)F)c(N3OCC[C@H]3c3ccccc3)n2)C1. The van der Waals surface area contributed by atoms with Crippen molar-refractivity contribution in [2.45, 2.75) is 63.8 Å². The molecule has 1 N–H and O–H groups in total. The molecule has 0 bridgehead atoms. The van der Waals surface area contributed by atoms with E-state index in [4.69, 9.17) is 4.84 Å². The maximum absolute atomic E-state index is 13.8. The molecule has 2 aromatic rings. The molecule has 3 heterocycles. The van der Waals surface area contributed by atoms with Crippen LogP contribution in [0.25, 0.3) is 0 Å². The summed E-state index contributed by atoms with van der Waals surface area (Å²) >= 11 is 0. The zero-order valence-corrected chi connectivity index (χ0v) is 18.7. The Hall–Kier alpha value is -2.39. The normalized spacial score (nSPS) is 22.9.